The van der Waals surface area contributed by atoms with Crippen molar-refractivity contribution in [2.24, 2.45) is 5.92 Å². The monoisotopic (exact) mass is 319 g/mol. The summed E-state index contributed by atoms with van der Waals surface area (Å²) in [6.45, 7) is 11.6. The molecule has 0 amide bonds. The Labute approximate surface area is 139 Å². The predicted molar refractivity (Wildman–Crippen MR) is 92.1 cm³/mol. The molecule has 0 aliphatic carbocycles. The van der Waals surface area contributed by atoms with Crippen LogP contribution in [0.5, 0.6) is 5.88 Å². The number of rotatable bonds is 5. The summed E-state index contributed by atoms with van der Waals surface area (Å²) in [5.74, 6) is 2.43. The number of likely N-dealkylation sites (tertiary alicyclic amines) is 1. The first-order valence-electron chi connectivity index (χ1n) is 8.80. The first kappa shape index (κ1) is 16.5. The van der Waals surface area contributed by atoms with E-state index in [-0.39, 0.29) is 0 Å². The molecule has 6 nitrogen and oxygen atoms in total. The minimum atomic E-state index is 0.587. The molecular weight excluding hydrogens is 290 g/mol. The van der Waals surface area contributed by atoms with Crippen LogP contribution in [0.2, 0.25) is 0 Å². The van der Waals surface area contributed by atoms with Crippen molar-refractivity contribution in [1.82, 2.24) is 19.8 Å². The standard InChI is InChI=1S/C17H29N5O/c1-15-3-5-20(6-4-15)7-8-21-9-11-22(12-10-21)16-13-18-14-17(19-16)23-2/h13-15H,3-12H2,1-2H3. The fourth-order valence-electron chi connectivity index (χ4n) is 3.36. The van der Waals surface area contributed by atoms with Gasteiger partial charge >= 0.3 is 0 Å². The maximum atomic E-state index is 5.16. The number of anilines is 1. The Kier molecular flexibility index (Phi) is 5.67. The molecule has 0 radical (unpaired) electrons. The normalized spacial score (nSPS) is 21.6. The largest absolute Gasteiger partial charge is 0.480 e. The van der Waals surface area contributed by atoms with E-state index in [4.69, 9.17) is 4.74 Å². The molecule has 0 unspecified atom stereocenters. The number of hydrogen-bond donors (Lipinski definition) is 0. The smallest absolute Gasteiger partial charge is 0.233 e. The van der Waals surface area contributed by atoms with E-state index in [1.165, 1.54) is 39.0 Å². The van der Waals surface area contributed by atoms with Crippen molar-refractivity contribution in [3.05, 3.63) is 12.4 Å². The number of hydrogen-bond acceptors (Lipinski definition) is 6. The highest BCUT2D eigenvalue weighted by Crippen LogP contribution is 2.17. The number of nitrogens with zero attached hydrogens (tertiary/aromatic N) is 5. The third kappa shape index (κ3) is 4.54. The van der Waals surface area contributed by atoms with Gasteiger partial charge in [-0.25, -0.2) is 0 Å². The molecule has 3 heterocycles. The van der Waals surface area contributed by atoms with Crippen LogP contribution in [0.3, 0.4) is 0 Å². The van der Waals surface area contributed by atoms with Crippen molar-refractivity contribution in [3.8, 4) is 5.88 Å². The van der Waals surface area contributed by atoms with Crippen LogP contribution in [0.4, 0.5) is 5.82 Å². The van der Waals surface area contributed by atoms with Crippen LogP contribution in [-0.4, -0.2) is 79.2 Å². The first-order valence-corrected chi connectivity index (χ1v) is 8.80. The Balaban J connectivity index is 1.41. The van der Waals surface area contributed by atoms with Crippen LogP contribution < -0.4 is 9.64 Å². The van der Waals surface area contributed by atoms with Gasteiger partial charge in [0.25, 0.3) is 0 Å². The lowest BCUT2D eigenvalue weighted by Crippen LogP contribution is -2.49. The molecule has 6 heteroatoms. The summed E-state index contributed by atoms with van der Waals surface area (Å²) >= 11 is 0. The average Bonchev–Trinajstić information content (AvgIpc) is 2.62. The van der Waals surface area contributed by atoms with Crippen molar-refractivity contribution in [3.63, 3.8) is 0 Å². The average molecular weight is 319 g/mol. The Morgan fingerprint density at radius 3 is 2.30 bits per heavy atom. The quantitative estimate of drug-likeness (QED) is 0.816. The Morgan fingerprint density at radius 2 is 1.65 bits per heavy atom. The second-order valence-corrected chi connectivity index (χ2v) is 6.77. The zero-order valence-electron chi connectivity index (χ0n) is 14.4. The van der Waals surface area contributed by atoms with Gasteiger partial charge in [-0.3, -0.25) is 9.88 Å². The minimum Gasteiger partial charge on any atom is -0.480 e. The molecule has 0 atom stereocenters. The second kappa shape index (κ2) is 7.93. The van der Waals surface area contributed by atoms with Gasteiger partial charge in [0.2, 0.25) is 5.88 Å². The van der Waals surface area contributed by atoms with E-state index < -0.39 is 0 Å². The lowest BCUT2D eigenvalue weighted by atomic mass is 9.99. The summed E-state index contributed by atoms with van der Waals surface area (Å²) in [5.41, 5.74) is 0. The lowest BCUT2D eigenvalue weighted by Gasteiger charge is -2.37. The van der Waals surface area contributed by atoms with Crippen molar-refractivity contribution in [1.29, 1.82) is 0 Å². The number of ether oxygens (including phenoxy) is 1. The van der Waals surface area contributed by atoms with Crippen molar-refractivity contribution in [2.45, 2.75) is 19.8 Å². The molecule has 0 spiro atoms. The zero-order chi connectivity index (χ0) is 16.1. The molecule has 1 aromatic heterocycles. The first-order chi connectivity index (χ1) is 11.2. The van der Waals surface area contributed by atoms with Crippen molar-refractivity contribution >= 4 is 5.82 Å². The van der Waals surface area contributed by atoms with E-state index in [1.807, 2.05) is 6.20 Å². The molecule has 0 bridgehead atoms. The van der Waals surface area contributed by atoms with Crippen LogP contribution in [0.15, 0.2) is 12.4 Å². The predicted octanol–water partition coefficient (Wildman–Crippen LogP) is 1.34. The van der Waals surface area contributed by atoms with E-state index in [9.17, 15) is 0 Å². The molecule has 1 aromatic rings. The van der Waals surface area contributed by atoms with Gasteiger partial charge in [-0.2, -0.15) is 4.98 Å². The van der Waals surface area contributed by atoms with Gasteiger partial charge in [0.1, 0.15) is 0 Å². The lowest BCUT2D eigenvalue weighted by molar-refractivity contribution is 0.157. The van der Waals surface area contributed by atoms with Gasteiger partial charge in [-0.1, -0.05) is 6.92 Å². The summed E-state index contributed by atoms with van der Waals surface area (Å²) in [6.07, 6.45) is 6.21. The van der Waals surface area contributed by atoms with Crippen molar-refractivity contribution < 1.29 is 4.74 Å². The number of piperidine rings is 1. The molecular formula is C17H29N5O. The van der Waals surface area contributed by atoms with E-state index >= 15 is 0 Å². The van der Waals surface area contributed by atoms with Crippen LogP contribution >= 0.6 is 0 Å². The molecule has 23 heavy (non-hydrogen) atoms. The Bertz CT molecular complexity index is 482. The van der Waals surface area contributed by atoms with Crippen LogP contribution in [0, 0.1) is 5.92 Å². The molecule has 2 aliphatic rings. The molecule has 128 valence electrons. The van der Waals surface area contributed by atoms with Crippen LogP contribution in [-0.2, 0) is 0 Å². The molecule has 0 aromatic carbocycles. The molecule has 0 N–H and O–H groups in total. The van der Waals surface area contributed by atoms with Gasteiger partial charge in [0, 0.05) is 39.3 Å². The maximum absolute atomic E-state index is 5.16. The van der Waals surface area contributed by atoms with Gasteiger partial charge in [-0.15, -0.1) is 0 Å². The third-order valence-electron chi connectivity index (χ3n) is 5.11. The number of methoxy groups -OCH3 is 1. The summed E-state index contributed by atoms with van der Waals surface area (Å²) < 4.78 is 5.16. The maximum Gasteiger partial charge on any atom is 0.233 e. The number of aromatic nitrogens is 2. The second-order valence-electron chi connectivity index (χ2n) is 6.77. The van der Waals surface area contributed by atoms with Gasteiger partial charge in [0.05, 0.1) is 19.5 Å². The summed E-state index contributed by atoms with van der Waals surface area (Å²) in [6, 6.07) is 0. The van der Waals surface area contributed by atoms with Gasteiger partial charge in [-0.05, 0) is 31.8 Å². The fraction of sp³-hybridized carbons (Fsp3) is 0.765. The van der Waals surface area contributed by atoms with E-state index in [2.05, 4.69) is 31.6 Å². The van der Waals surface area contributed by atoms with E-state index in [0.29, 0.717) is 5.88 Å². The highest BCUT2D eigenvalue weighted by atomic mass is 16.5. The Hall–Kier alpha value is -1.40. The highest BCUT2D eigenvalue weighted by molar-refractivity contribution is 5.38. The Morgan fingerprint density at radius 1 is 1.00 bits per heavy atom. The topological polar surface area (TPSA) is 44.7 Å². The SMILES string of the molecule is COc1cncc(N2CCN(CCN3CCC(C)CC3)CC2)n1. The molecule has 2 fully saturated rings. The van der Waals surface area contributed by atoms with E-state index in [0.717, 1.165) is 37.9 Å². The third-order valence-corrected chi connectivity index (χ3v) is 5.11. The summed E-state index contributed by atoms with van der Waals surface area (Å²) in [7, 11) is 1.63. The highest BCUT2D eigenvalue weighted by Gasteiger charge is 2.20. The van der Waals surface area contributed by atoms with Crippen LogP contribution in [0.1, 0.15) is 19.8 Å². The minimum absolute atomic E-state index is 0.587. The summed E-state index contributed by atoms with van der Waals surface area (Å²) in [5, 5.41) is 0. The van der Waals surface area contributed by atoms with Crippen molar-refractivity contribution in [2.75, 3.05) is 64.4 Å². The summed E-state index contributed by atoms with van der Waals surface area (Å²) in [4.78, 5) is 16.2. The fourth-order valence-corrected chi connectivity index (χ4v) is 3.36. The molecule has 2 aliphatic heterocycles. The number of piperazine rings is 1. The molecule has 0 saturated carbocycles. The van der Waals surface area contributed by atoms with Crippen LogP contribution in [0.25, 0.3) is 0 Å². The van der Waals surface area contributed by atoms with Gasteiger partial charge in [0.15, 0.2) is 5.82 Å². The van der Waals surface area contributed by atoms with Gasteiger partial charge < -0.3 is 14.5 Å². The van der Waals surface area contributed by atoms with E-state index in [1.54, 1.807) is 13.3 Å². The molecule has 3 rings (SSSR count). The molecule has 2 saturated heterocycles. The zero-order valence-corrected chi connectivity index (χ0v) is 14.4.